The van der Waals surface area contributed by atoms with Crippen LogP contribution in [0, 0.1) is 13.8 Å². The molecule has 6 nitrogen and oxygen atoms in total. The zero-order valence-electron chi connectivity index (χ0n) is 17.3. The number of benzene rings is 2. The molecule has 31 heavy (non-hydrogen) atoms. The number of anilines is 1. The molecule has 1 N–H and O–H groups in total. The Morgan fingerprint density at radius 3 is 2.45 bits per heavy atom. The van der Waals surface area contributed by atoms with Crippen molar-refractivity contribution in [3.05, 3.63) is 102 Å². The lowest BCUT2D eigenvalue weighted by Crippen LogP contribution is -2.13. The average molecular weight is 407 g/mol. The predicted octanol–water partition coefficient (Wildman–Crippen LogP) is 5.06. The Bertz CT molecular complexity index is 1380. The number of hydrogen-bond donors (Lipinski definition) is 1. The first-order valence-corrected chi connectivity index (χ1v) is 10.1. The van der Waals surface area contributed by atoms with Gasteiger partial charge in [0.05, 0.1) is 28.8 Å². The molecular weight excluding hydrogens is 386 g/mol. The first-order chi connectivity index (χ1) is 15.1. The molecule has 0 unspecified atom stereocenters. The maximum atomic E-state index is 12.8. The number of carbonyl (C=O) groups excluding carboxylic acids is 1. The van der Waals surface area contributed by atoms with Crippen LogP contribution in [-0.4, -0.2) is 25.1 Å². The first-order valence-electron chi connectivity index (χ1n) is 10.1. The summed E-state index contributed by atoms with van der Waals surface area (Å²) in [6.45, 7) is 3.94. The molecule has 6 heteroatoms. The van der Waals surface area contributed by atoms with E-state index in [1.165, 1.54) is 0 Å². The van der Waals surface area contributed by atoms with Crippen LogP contribution in [0.15, 0.2) is 85.3 Å². The van der Waals surface area contributed by atoms with Crippen molar-refractivity contribution in [2.45, 2.75) is 13.8 Å². The van der Waals surface area contributed by atoms with E-state index < -0.39 is 0 Å². The highest BCUT2D eigenvalue weighted by molar-refractivity contribution is 6.05. The van der Waals surface area contributed by atoms with Crippen molar-refractivity contribution in [1.29, 1.82) is 0 Å². The van der Waals surface area contributed by atoms with Crippen molar-refractivity contribution in [1.82, 2.24) is 19.2 Å². The van der Waals surface area contributed by atoms with Crippen LogP contribution in [0.5, 0.6) is 0 Å². The number of nitrogens with zero attached hydrogens (tertiary/aromatic N) is 4. The first kappa shape index (κ1) is 18.8. The molecule has 0 atom stereocenters. The fraction of sp³-hybridized carbons (Fsp3) is 0.0800. The van der Waals surface area contributed by atoms with Gasteiger partial charge in [-0.25, -0.2) is 9.67 Å². The summed E-state index contributed by atoms with van der Waals surface area (Å²) in [7, 11) is 0. The van der Waals surface area contributed by atoms with Crippen LogP contribution >= 0.6 is 0 Å². The molecule has 152 valence electrons. The molecule has 3 aromatic heterocycles. The highest BCUT2D eigenvalue weighted by Gasteiger charge is 2.15. The minimum atomic E-state index is -0.184. The van der Waals surface area contributed by atoms with Crippen molar-refractivity contribution in [3.63, 3.8) is 0 Å². The standard InChI is InChI=1S/C25H21N5O/c1-17-7-6-14-29-16-23(28-24(17)29)19-10-12-20(13-11-19)27-25(31)22-15-26-30(18(22)2)21-8-4-3-5-9-21/h3-16H,1-2H3,(H,27,31). The van der Waals surface area contributed by atoms with Crippen LogP contribution in [0.3, 0.4) is 0 Å². The highest BCUT2D eigenvalue weighted by Crippen LogP contribution is 2.23. The molecule has 3 heterocycles. The molecular formula is C25H21N5O. The van der Waals surface area contributed by atoms with E-state index in [2.05, 4.69) is 10.4 Å². The number of hydrogen-bond acceptors (Lipinski definition) is 3. The van der Waals surface area contributed by atoms with Crippen LogP contribution in [0.25, 0.3) is 22.6 Å². The third kappa shape index (κ3) is 3.48. The number of aromatic nitrogens is 4. The van der Waals surface area contributed by atoms with Gasteiger partial charge in [-0.15, -0.1) is 0 Å². The van der Waals surface area contributed by atoms with Crippen LogP contribution in [0.2, 0.25) is 0 Å². The second kappa shape index (κ2) is 7.57. The lowest BCUT2D eigenvalue weighted by atomic mass is 10.1. The zero-order valence-corrected chi connectivity index (χ0v) is 17.3. The smallest absolute Gasteiger partial charge is 0.259 e. The number of fused-ring (bicyclic) bond motifs is 1. The lowest BCUT2D eigenvalue weighted by Gasteiger charge is -2.07. The summed E-state index contributed by atoms with van der Waals surface area (Å²) in [5.74, 6) is -0.184. The molecule has 2 aromatic carbocycles. The molecule has 0 aliphatic rings. The van der Waals surface area contributed by atoms with Crippen molar-refractivity contribution in [2.75, 3.05) is 5.32 Å². The largest absolute Gasteiger partial charge is 0.322 e. The average Bonchev–Trinajstić information content (AvgIpc) is 3.39. The van der Waals surface area contributed by atoms with E-state index in [0.717, 1.165) is 39.5 Å². The number of carbonyl (C=O) groups is 1. The Morgan fingerprint density at radius 2 is 1.71 bits per heavy atom. The third-order valence-corrected chi connectivity index (χ3v) is 5.37. The molecule has 0 radical (unpaired) electrons. The van der Waals surface area contributed by atoms with Gasteiger partial charge in [0.15, 0.2) is 0 Å². The summed E-state index contributed by atoms with van der Waals surface area (Å²) >= 11 is 0. The van der Waals surface area contributed by atoms with Crippen molar-refractivity contribution in [2.24, 2.45) is 0 Å². The van der Waals surface area contributed by atoms with E-state index in [9.17, 15) is 4.79 Å². The Hall–Kier alpha value is -4.19. The van der Waals surface area contributed by atoms with Gasteiger partial charge in [0.25, 0.3) is 5.91 Å². The molecule has 0 saturated carbocycles. The quantitative estimate of drug-likeness (QED) is 0.453. The molecule has 0 fully saturated rings. The van der Waals surface area contributed by atoms with Gasteiger partial charge in [0, 0.05) is 23.6 Å². The van der Waals surface area contributed by atoms with Gasteiger partial charge >= 0.3 is 0 Å². The van der Waals surface area contributed by atoms with Crippen LogP contribution < -0.4 is 5.32 Å². The Balaban J connectivity index is 1.36. The highest BCUT2D eigenvalue weighted by atomic mass is 16.1. The third-order valence-electron chi connectivity index (χ3n) is 5.37. The summed E-state index contributed by atoms with van der Waals surface area (Å²) in [6, 6.07) is 21.5. The predicted molar refractivity (Wildman–Crippen MR) is 122 cm³/mol. The van der Waals surface area contributed by atoms with E-state index in [-0.39, 0.29) is 5.91 Å². The fourth-order valence-electron chi connectivity index (χ4n) is 3.68. The van der Waals surface area contributed by atoms with E-state index in [1.807, 2.05) is 97.4 Å². The SMILES string of the molecule is Cc1cccn2cc(-c3ccc(NC(=O)c4cnn(-c5ccccc5)c4C)cc3)nc12. The van der Waals surface area contributed by atoms with E-state index in [1.54, 1.807) is 10.9 Å². The minimum Gasteiger partial charge on any atom is -0.322 e. The number of imidazole rings is 1. The van der Waals surface area contributed by atoms with Gasteiger partial charge in [-0.05, 0) is 49.7 Å². The monoisotopic (exact) mass is 407 g/mol. The van der Waals surface area contributed by atoms with Gasteiger partial charge in [-0.1, -0.05) is 36.4 Å². The van der Waals surface area contributed by atoms with Crippen LogP contribution in [-0.2, 0) is 0 Å². The summed E-state index contributed by atoms with van der Waals surface area (Å²) in [4.78, 5) is 17.5. The molecule has 0 aliphatic carbocycles. The van der Waals surface area contributed by atoms with Gasteiger partial charge < -0.3 is 9.72 Å². The van der Waals surface area contributed by atoms with Gasteiger partial charge in [0.1, 0.15) is 5.65 Å². The molecule has 1 amide bonds. The Kier molecular flexibility index (Phi) is 4.59. The number of aryl methyl sites for hydroxylation is 1. The summed E-state index contributed by atoms with van der Waals surface area (Å²) in [6.07, 6.45) is 5.60. The molecule has 5 rings (SSSR count). The molecule has 0 spiro atoms. The number of rotatable bonds is 4. The Morgan fingerprint density at radius 1 is 0.935 bits per heavy atom. The summed E-state index contributed by atoms with van der Waals surface area (Å²) in [5.41, 5.74) is 6.95. The summed E-state index contributed by atoms with van der Waals surface area (Å²) < 4.78 is 3.79. The normalized spacial score (nSPS) is 11.0. The van der Waals surface area contributed by atoms with Gasteiger partial charge in [-0.3, -0.25) is 4.79 Å². The van der Waals surface area contributed by atoms with E-state index in [0.29, 0.717) is 5.56 Å². The van der Waals surface area contributed by atoms with Crippen molar-refractivity contribution < 1.29 is 4.79 Å². The van der Waals surface area contributed by atoms with Crippen LogP contribution in [0.4, 0.5) is 5.69 Å². The Labute approximate surface area is 179 Å². The van der Waals surface area contributed by atoms with Crippen molar-refractivity contribution >= 4 is 17.2 Å². The number of nitrogens with one attached hydrogen (secondary N) is 1. The van der Waals surface area contributed by atoms with Crippen molar-refractivity contribution in [3.8, 4) is 16.9 Å². The number of para-hydroxylation sites is 1. The maximum absolute atomic E-state index is 12.8. The second-order valence-electron chi connectivity index (χ2n) is 7.47. The second-order valence-corrected chi connectivity index (χ2v) is 7.47. The molecule has 5 aromatic rings. The maximum Gasteiger partial charge on any atom is 0.259 e. The van der Waals surface area contributed by atoms with E-state index >= 15 is 0 Å². The van der Waals surface area contributed by atoms with E-state index in [4.69, 9.17) is 4.98 Å². The van der Waals surface area contributed by atoms with Crippen LogP contribution in [0.1, 0.15) is 21.6 Å². The molecule has 0 aliphatic heterocycles. The van der Waals surface area contributed by atoms with Gasteiger partial charge in [-0.2, -0.15) is 5.10 Å². The summed E-state index contributed by atoms with van der Waals surface area (Å²) in [5, 5.41) is 7.34. The number of pyridine rings is 1. The lowest BCUT2D eigenvalue weighted by molar-refractivity contribution is 0.102. The van der Waals surface area contributed by atoms with Gasteiger partial charge in [0.2, 0.25) is 0 Å². The topological polar surface area (TPSA) is 64.2 Å². The minimum absolute atomic E-state index is 0.184. The molecule has 0 saturated heterocycles. The molecule has 0 bridgehead atoms. The fourth-order valence-corrected chi connectivity index (χ4v) is 3.68. The number of amides is 1. The zero-order chi connectivity index (χ0) is 21.4.